The standard InChI is InChI=1S/C29H24NS2.C15H28O2.Ir/c1-16-17(2)31-23-10-11-24-26(25(16)23)21-12-13-30-27(28(21)32-24)19-14-18-8-6-7-9-20(18)22(15-19)29(3,4)5;1-7-14(5,8-2)12(16)11-13(17)15(6,9-3)10-4;/h6-13,15H,1-5H3;11,16H,7-10H2,1-6H3;/q-1;;/b;12-11-;. The second-order valence-corrected chi connectivity index (χ2v) is 17.4. The molecule has 3 aromatic heterocycles. The van der Waals surface area contributed by atoms with Crippen molar-refractivity contribution in [2.24, 2.45) is 10.8 Å². The molecule has 0 unspecified atom stereocenters. The molecule has 0 aliphatic carbocycles. The molecule has 3 nitrogen and oxygen atoms in total. The van der Waals surface area contributed by atoms with E-state index in [1.807, 2.05) is 70.4 Å². The van der Waals surface area contributed by atoms with E-state index >= 15 is 0 Å². The summed E-state index contributed by atoms with van der Waals surface area (Å²) in [6.07, 6.45) is 6.72. The largest absolute Gasteiger partial charge is 0.512 e. The fraction of sp³-hybridized carbons (Fsp3) is 0.409. The van der Waals surface area contributed by atoms with Crippen LogP contribution in [-0.4, -0.2) is 15.9 Å². The van der Waals surface area contributed by atoms with Crippen LogP contribution in [0.25, 0.3) is 52.3 Å². The van der Waals surface area contributed by atoms with Gasteiger partial charge in [-0.05, 0) is 74.1 Å². The number of pyridine rings is 1. The molecule has 3 aromatic carbocycles. The van der Waals surface area contributed by atoms with Crippen LogP contribution in [0.5, 0.6) is 0 Å². The topological polar surface area (TPSA) is 50.2 Å². The Labute approximate surface area is 320 Å². The first kappa shape index (κ1) is 39.9. The third-order valence-corrected chi connectivity index (χ3v) is 13.5. The van der Waals surface area contributed by atoms with Crippen molar-refractivity contribution in [1.82, 2.24) is 4.98 Å². The van der Waals surface area contributed by atoms with Gasteiger partial charge in [0.1, 0.15) is 5.76 Å². The van der Waals surface area contributed by atoms with Crippen molar-refractivity contribution in [2.75, 3.05) is 0 Å². The maximum Gasteiger partial charge on any atom is 0.164 e. The number of aliphatic hydroxyl groups excluding tert-OH is 1. The predicted octanol–water partition coefficient (Wildman–Crippen LogP) is 13.8. The van der Waals surface area contributed by atoms with Crippen LogP contribution in [0, 0.1) is 30.7 Å². The smallest absolute Gasteiger partial charge is 0.164 e. The fourth-order valence-corrected chi connectivity index (χ4v) is 8.79. The number of aryl methyl sites for hydroxylation is 2. The minimum Gasteiger partial charge on any atom is -0.512 e. The zero-order chi connectivity index (χ0) is 35.9. The van der Waals surface area contributed by atoms with Gasteiger partial charge in [0.05, 0.1) is 0 Å². The predicted molar refractivity (Wildman–Crippen MR) is 216 cm³/mol. The van der Waals surface area contributed by atoms with Crippen molar-refractivity contribution < 1.29 is 30.0 Å². The SMILES string of the molecule is CCC(C)(CC)C(=O)/C=C(\O)C(C)(CC)CC.Cc1sc2ccc3sc4c(-c5[c-]c6ccccc6c(C(C)(C)C)c5)nccc4c3c2c1C.[Ir]. The summed E-state index contributed by atoms with van der Waals surface area (Å²) in [6.45, 7) is 23.4. The van der Waals surface area contributed by atoms with Crippen molar-refractivity contribution in [2.45, 2.75) is 107 Å². The Balaban J connectivity index is 0.000000269. The number of aliphatic hydroxyl groups is 1. The van der Waals surface area contributed by atoms with E-state index in [2.05, 4.69) is 89.2 Å². The molecule has 1 N–H and O–H groups in total. The van der Waals surface area contributed by atoms with E-state index in [1.165, 1.54) is 57.7 Å². The van der Waals surface area contributed by atoms with Gasteiger partial charge in [-0.15, -0.1) is 51.8 Å². The monoisotopic (exact) mass is 883 g/mol. The van der Waals surface area contributed by atoms with Crippen LogP contribution >= 0.6 is 22.7 Å². The molecule has 0 bridgehead atoms. The molecule has 0 aliphatic rings. The van der Waals surface area contributed by atoms with Crippen LogP contribution in [0.2, 0.25) is 0 Å². The maximum atomic E-state index is 12.2. The van der Waals surface area contributed by atoms with Crippen molar-refractivity contribution in [1.29, 1.82) is 0 Å². The minimum absolute atomic E-state index is 0. The Morgan fingerprint density at radius 1 is 0.820 bits per heavy atom. The Morgan fingerprint density at radius 3 is 2.02 bits per heavy atom. The van der Waals surface area contributed by atoms with Gasteiger partial charge in [-0.25, -0.2) is 0 Å². The van der Waals surface area contributed by atoms with Gasteiger partial charge in [0, 0.05) is 78.7 Å². The number of hydrogen-bond acceptors (Lipinski definition) is 5. The van der Waals surface area contributed by atoms with Crippen LogP contribution in [0.3, 0.4) is 0 Å². The van der Waals surface area contributed by atoms with E-state index in [9.17, 15) is 9.90 Å². The van der Waals surface area contributed by atoms with Crippen molar-refractivity contribution in [3.63, 3.8) is 0 Å². The Morgan fingerprint density at radius 2 is 1.42 bits per heavy atom. The first-order valence-corrected chi connectivity index (χ1v) is 19.4. The molecule has 0 fully saturated rings. The molecule has 1 radical (unpaired) electrons. The van der Waals surface area contributed by atoms with Crippen LogP contribution in [0.15, 0.2) is 66.6 Å². The Hall–Kier alpha value is -2.89. The number of aromatic nitrogens is 1. The molecular formula is C44H52IrNO2S2-. The summed E-state index contributed by atoms with van der Waals surface area (Å²) in [7, 11) is 0. The van der Waals surface area contributed by atoms with E-state index in [1.54, 1.807) is 0 Å². The molecule has 0 atom stereocenters. The van der Waals surface area contributed by atoms with Crippen molar-refractivity contribution in [3.05, 3.63) is 88.6 Å². The van der Waals surface area contributed by atoms with Crippen LogP contribution in [0.4, 0.5) is 0 Å². The van der Waals surface area contributed by atoms with Crippen LogP contribution < -0.4 is 0 Å². The molecule has 267 valence electrons. The Bertz CT molecular complexity index is 2190. The number of ketones is 1. The second-order valence-electron chi connectivity index (χ2n) is 15.1. The van der Waals surface area contributed by atoms with Gasteiger partial charge in [0.2, 0.25) is 0 Å². The summed E-state index contributed by atoms with van der Waals surface area (Å²) in [5, 5.41) is 16.7. The molecule has 3 heterocycles. The van der Waals surface area contributed by atoms with Gasteiger partial charge in [0.25, 0.3) is 0 Å². The third kappa shape index (κ3) is 7.37. The molecule has 6 rings (SSSR count). The van der Waals surface area contributed by atoms with Gasteiger partial charge in [-0.1, -0.05) is 91.5 Å². The van der Waals surface area contributed by atoms with Crippen LogP contribution in [0.1, 0.15) is 104 Å². The molecule has 50 heavy (non-hydrogen) atoms. The number of thiophene rings is 2. The molecule has 0 saturated carbocycles. The van der Waals surface area contributed by atoms with Gasteiger partial charge in [-0.2, -0.15) is 0 Å². The summed E-state index contributed by atoms with van der Waals surface area (Å²) in [6, 6.07) is 21.3. The number of hydrogen-bond donors (Lipinski definition) is 1. The summed E-state index contributed by atoms with van der Waals surface area (Å²) in [5.41, 5.74) is 4.30. The van der Waals surface area contributed by atoms with Crippen LogP contribution in [-0.2, 0) is 30.3 Å². The normalized spacial score (nSPS) is 12.7. The van der Waals surface area contributed by atoms with E-state index in [4.69, 9.17) is 4.98 Å². The first-order valence-electron chi connectivity index (χ1n) is 17.7. The minimum atomic E-state index is -0.337. The van der Waals surface area contributed by atoms with E-state index in [0.29, 0.717) is 0 Å². The molecule has 6 aromatic rings. The number of rotatable bonds is 8. The summed E-state index contributed by atoms with van der Waals surface area (Å²) < 4.78 is 3.96. The van der Waals surface area contributed by atoms with Gasteiger partial charge in [-0.3, -0.25) is 9.78 Å². The van der Waals surface area contributed by atoms with E-state index in [-0.39, 0.29) is 47.9 Å². The summed E-state index contributed by atoms with van der Waals surface area (Å²) in [4.78, 5) is 18.5. The average Bonchev–Trinajstić information content (AvgIpc) is 3.62. The molecular weight excluding hydrogens is 831 g/mol. The van der Waals surface area contributed by atoms with E-state index < -0.39 is 0 Å². The maximum absolute atomic E-state index is 12.2. The summed E-state index contributed by atoms with van der Waals surface area (Å²) >= 11 is 3.75. The quantitative estimate of drug-likeness (QED) is 0.0941. The van der Waals surface area contributed by atoms with Gasteiger partial charge in [0.15, 0.2) is 5.78 Å². The molecule has 0 saturated heterocycles. The number of carbonyl (C=O) groups excluding carboxylic acids is 1. The van der Waals surface area contributed by atoms with Gasteiger partial charge < -0.3 is 5.11 Å². The fourth-order valence-electron chi connectivity index (χ4n) is 6.50. The summed E-state index contributed by atoms with van der Waals surface area (Å²) in [5.74, 6) is 0.286. The number of benzene rings is 3. The van der Waals surface area contributed by atoms with Crippen molar-refractivity contribution in [3.8, 4) is 11.3 Å². The third-order valence-electron chi connectivity index (χ3n) is 11.1. The first-order chi connectivity index (χ1) is 23.1. The molecule has 0 amide bonds. The number of carbonyl (C=O) groups is 1. The molecule has 0 aliphatic heterocycles. The second kappa shape index (κ2) is 15.4. The molecule has 6 heteroatoms. The Kier molecular flexibility index (Phi) is 12.3. The number of nitrogens with zero attached hydrogens (tertiary/aromatic N) is 1. The van der Waals surface area contributed by atoms with Crippen molar-refractivity contribution >= 4 is 69.5 Å². The molecule has 0 spiro atoms. The number of fused-ring (bicyclic) bond motifs is 6. The number of allylic oxidation sites excluding steroid dienone is 2. The van der Waals surface area contributed by atoms with Gasteiger partial charge >= 0.3 is 0 Å². The van der Waals surface area contributed by atoms with E-state index in [0.717, 1.165) is 42.3 Å². The zero-order valence-corrected chi connectivity index (χ0v) is 35.6. The zero-order valence-electron chi connectivity index (χ0n) is 31.6. The average molecular weight is 883 g/mol.